The molecule has 0 spiro atoms. The van der Waals surface area contributed by atoms with Crippen molar-refractivity contribution in [3.8, 4) is 11.1 Å². The van der Waals surface area contributed by atoms with Crippen LogP contribution in [0.25, 0.3) is 11.1 Å². The van der Waals surface area contributed by atoms with Gasteiger partial charge in [0.15, 0.2) is 0 Å². The number of hydrogen-bond donors (Lipinski definition) is 2. The van der Waals surface area contributed by atoms with E-state index >= 15 is 0 Å². The Labute approximate surface area is 147 Å². The number of carbonyl (C=O) groups excluding carboxylic acids is 1. The highest BCUT2D eigenvalue weighted by Crippen LogP contribution is 2.49. The molecule has 2 aromatic heterocycles. The van der Waals surface area contributed by atoms with Crippen molar-refractivity contribution in [2.24, 2.45) is 7.05 Å². The Hall–Kier alpha value is -2.93. The van der Waals surface area contributed by atoms with E-state index in [1.54, 1.807) is 10.9 Å². The van der Waals surface area contributed by atoms with Gasteiger partial charge in [-0.05, 0) is 11.1 Å². The monoisotopic (exact) mass is 353 g/mol. The van der Waals surface area contributed by atoms with E-state index in [9.17, 15) is 14.7 Å². The zero-order chi connectivity index (χ0) is 17.6. The molecule has 2 N–H and O–H groups in total. The van der Waals surface area contributed by atoms with Crippen LogP contribution in [0.2, 0.25) is 0 Å². The minimum Gasteiger partial charge on any atom is -0.477 e. The van der Waals surface area contributed by atoms with Gasteiger partial charge in [-0.3, -0.25) is 9.48 Å². The summed E-state index contributed by atoms with van der Waals surface area (Å²) in [6.45, 7) is 0. The molecule has 0 bridgehead atoms. The van der Waals surface area contributed by atoms with Gasteiger partial charge in [0.1, 0.15) is 4.88 Å². The second-order valence-electron chi connectivity index (χ2n) is 5.97. The van der Waals surface area contributed by atoms with Crippen LogP contribution in [0.1, 0.15) is 32.5 Å². The van der Waals surface area contributed by atoms with Gasteiger partial charge in [-0.25, -0.2) is 4.79 Å². The number of benzene rings is 1. The molecule has 3 heterocycles. The summed E-state index contributed by atoms with van der Waals surface area (Å²) in [6, 6.07) is 9.30. The SMILES string of the molecule is Cn1cc([C@@H]2CC(=O)Nc3c2sc(C(=O)O)c3-c2ccccc2)cn1. The summed E-state index contributed by atoms with van der Waals surface area (Å²) in [6.07, 6.45) is 3.89. The lowest BCUT2D eigenvalue weighted by molar-refractivity contribution is -0.116. The first-order chi connectivity index (χ1) is 12.0. The van der Waals surface area contributed by atoms with Crippen molar-refractivity contribution in [3.63, 3.8) is 0 Å². The average Bonchev–Trinajstić information content (AvgIpc) is 3.18. The van der Waals surface area contributed by atoms with Gasteiger partial charge < -0.3 is 10.4 Å². The molecular formula is C18H15N3O3S. The van der Waals surface area contributed by atoms with E-state index in [-0.39, 0.29) is 23.1 Å². The van der Waals surface area contributed by atoms with Crippen molar-refractivity contribution < 1.29 is 14.7 Å². The third kappa shape index (κ3) is 2.62. The van der Waals surface area contributed by atoms with Gasteiger partial charge in [-0.15, -0.1) is 11.3 Å². The number of rotatable bonds is 3. The molecule has 1 aliphatic heterocycles. The summed E-state index contributed by atoms with van der Waals surface area (Å²) >= 11 is 1.23. The molecule has 6 nitrogen and oxygen atoms in total. The third-order valence-corrected chi connectivity index (χ3v) is 5.58. The lowest BCUT2D eigenvalue weighted by Crippen LogP contribution is -2.22. The van der Waals surface area contributed by atoms with Gasteiger partial charge in [-0.1, -0.05) is 30.3 Å². The molecule has 7 heteroatoms. The lowest BCUT2D eigenvalue weighted by atomic mass is 9.90. The molecule has 1 aromatic carbocycles. The number of nitrogens with zero attached hydrogens (tertiary/aromatic N) is 2. The van der Waals surface area contributed by atoms with E-state index in [1.807, 2.05) is 43.6 Å². The maximum Gasteiger partial charge on any atom is 0.346 e. The Morgan fingerprint density at radius 1 is 1.36 bits per heavy atom. The highest BCUT2D eigenvalue weighted by molar-refractivity contribution is 7.15. The molecule has 0 unspecified atom stereocenters. The minimum atomic E-state index is -0.988. The Kier molecular flexibility index (Phi) is 3.65. The highest BCUT2D eigenvalue weighted by atomic mass is 32.1. The number of hydrogen-bond acceptors (Lipinski definition) is 4. The number of nitrogens with one attached hydrogen (secondary N) is 1. The predicted octanol–water partition coefficient (Wildman–Crippen LogP) is 3.32. The van der Waals surface area contributed by atoms with E-state index < -0.39 is 5.97 Å². The molecule has 0 aliphatic carbocycles. The predicted molar refractivity (Wildman–Crippen MR) is 95.0 cm³/mol. The summed E-state index contributed by atoms with van der Waals surface area (Å²) < 4.78 is 1.69. The maximum absolute atomic E-state index is 12.3. The van der Waals surface area contributed by atoms with E-state index in [1.165, 1.54) is 11.3 Å². The fourth-order valence-corrected chi connectivity index (χ4v) is 4.45. The summed E-state index contributed by atoms with van der Waals surface area (Å²) in [5, 5.41) is 16.8. The molecular weight excluding hydrogens is 338 g/mol. The van der Waals surface area contributed by atoms with Crippen molar-refractivity contribution >= 4 is 28.9 Å². The van der Waals surface area contributed by atoms with Gasteiger partial charge in [-0.2, -0.15) is 5.10 Å². The molecule has 25 heavy (non-hydrogen) atoms. The molecule has 126 valence electrons. The van der Waals surface area contributed by atoms with Crippen LogP contribution in [0.4, 0.5) is 5.69 Å². The quantitative estimate of drug-likeness (QED) is 0.756. The first-order valence-electron chi connectivity index (χ1n) is 7.78. The Balaban J connectivity index is 1.95. The van der Waals surface area contributed by atoms with Crippen LogP contribution in [-0.2, 0) is 11.8 Å². The molecule has 3 aromatic rings. The maximum atomic E-state index is 12.3. The van der Waals surface area contributed by atoms with Crippen molar-refractivity contribution in [1.29, 1.82) is 0 Å². The summed E-state index contributed by atoms with van der Waals surface area (Å²) in [4.78, 5) is 25.2. The Bertz CT molecular complexity index is 975. The van der Waals surface area contributed by atoms with Crippen LogP contribution in [0.5, 0.6) is 0 Å². The van der Waals surface area contributed by atoms with E-state index in [4.69, 9.17) is 0 Å². The average molecular weight is 353 g/mol. The van der Waals surface area contributed by atoms with Crippen LogP contribution in [0.15, 0.2) is 42.7 Å². The zero-order valence-electron chi connectivity index (χ0n) is 13.4. The first kappa shape index (κ1) is 15.6. The topological polar surface area (TPSA) is 84.2 Å². The van der Waals surface area contributed by atoms with Gasteiger partial charge in [0, 0.05) is 36.0 Å². The minimum absolute atomic E-state index is 0.117. The summed E-state index contributed by atoms with van der Waals surface area (Å²) in [5.41, 5.74) is 2.88. The largest absolute Gasteiger partial charge is 0.477 e. The van der Waals surface area contributed by atoms with Crippen molar-refractivity contribution in [1.82, 2.24) is 9.78 Å². The molecule has 4 rings (SSSR count). The first-order valence-corrected chi connectivity index (χ1v) is 8.60. The van der Waals surface area contributed by atoms with Crippen molar-refractivity contribution in [2.75, 3.05) is 5.32 Å². The van der Waals surface area contributed by atoms with Crippen molar-refractivity contribution in [3.05, 3.63) is 58.0 Å². The number of aromatic carboxylic acids is 1. The van der Waals surface area contributed by atoms with Crippen LogP contribution in [0, 0.1) is 0 Å². The van der Waals surface area contributed by atoms with Crippen molar-refractivity contribution in [2.45, 2.75) is 12.3 Å². The molecule has 0 saturated heterocycles. The number of aromatic nitrogens is 2. The van der Waals surface area contributed by atoms with Gasteiger partial charge in [0.05, 0.1) is 11.9 Å². The smallest absolute Gasteiger partial charge is 0.346 e. The molecule has 0 fully saturated rings. The van der Waals surface area contributed by atoms with Gasteiger partial charge in [0.2, 0.25) is 5.91 Å². The zero-order valence-corrected chi connectivity index (χ0v) is 14.2. The number of anilines is 1. The van der Waals surface area contributed by atoms with Gasteiger partial charge >= 0.3 is 5.97 Å². The molecule has 1 amide bonds. The van der Waals surface area contributed by atoms with Crippen LogP contribution in [0.3, 0.4) is 0 Å². The highest BCUT2D eigenvalue weighted by Gasteiger charge is 2.34. The Morgan fingerprint density at radius 2 is 2.12 bits per heavy atom. The van der Waals surface area contributed by atoms with Crippen LogP contribution in [-0.4, -0.2) is 26.8 Å². The number of carboxylic acid groups (broad SMARTS) is 1. The second kappa shape index (κ2) is 5.86. The third-order valence-electron chi connectivity index (χ3n) is 4.29. The fourth-order valence-electron chi connectivity index (χ4n) is 3.21. The summed E-state index contributed by atoms with van der Waals surface area (Å²) in [7, 11) is 1.82. The lowest BCUT2D eigenvalue weighted by Gasteiger charge is -2.22. The number of carboxylic acids is 1. The molecule has 1 atom stereocenters. The second-order valence-corrected chi connectivity index (χ2v) is 7.02. The van der Waals surface area contributed by atoms with Gasteiger partial charge in [0.25, 0.3) is 0 Å². The molecule has 0 saturated carbocycles. The fraction of sp³-hybridized carbons (Fsp3) is 0.167. The summed E-state index contributed by atoms with van der Waals surface area (Å²) in [5.74, 6) is -1.29. The van der Waals surface area contributed by atoms with E-state index in [0.29, 0.717) is 11.3 Å². The number of amides is 1. The van der Waals surface area contributed by atoms with Crippen LogP contribution >= 0.6 is 11.3 Å². The number of carbonyl (C=O) groups is 2. The van der Waals surface area contributed by atoms with Crippen LogP contribution < -0.4 is 5.32 Å². The number of thiophene rings is 1. The number of aryl methyl sites for hydroxylation is 1. The van der Waals surface area contributed by atoms with E-state index in [2.05, 4.69) is 10.4 Å². The Morgan fingerprint density at radius 3 is 2.76 bits per heavy atom. The normalized spacial score (nSPS) is 16.4. The standard InChI is InChI=1S/C18H15N3O3S/c1-21-9-11(8-19-21)12-7-13(22)20-15-14(10-5-3-2-4-6-10)17(18(23)24)25-16(12)15/h2-6,8-9,12H,7H2,1H3,(H,20,22)(H,23,24)/t12-/m0/s1. The molecule has 1 aliphatic rings. The van der Waals surface area contributed by atoms with E-state index in [0.717, 1.165) is 16.0 Å². The molecule has 0 radical (unpaired) electrons. The number of fused-ring (bicyclic) bond motifs is 1.